The summed E-state index contributed by atoms with van der Waals surface area (Å²) in [6.45, 7) is 5.02. The van der Waals surface area contributed by atoms with Gasteiger partial charge in [-0.05, 0) is 37.1 Å². The molecule has 0 aliphatic heterocycles. The zero-order chi connectivity index (χ0) is 15.5. The third-order valence-electron chi connectivity index (χ3n) is 3.62. The maximum absolute atomic E-state index is 12.0. The van der Waals surface area contributed by atoms with E-state index in [0.29, 0.717) is 0 Å². The standard InChI is InChI=1S/C18H28BrNO/c1-3-4-5-6-7-8-9-10-11-20-18(21)16-12-15(2)13-17(19)14-16/h12-14H,3-11H2,1-2H3,(H,20,21). The van der Waals surface area contributed by atoms with Gasteiger partial charge in [-0.3, -0.25) is 4.79 Å². The van der Waals surface area contributed by atoms with Crippen LogP contribution in [0.3, 0.4) is 0 Å². The smallest absolute Gasteiger partial charge is 0.251 e. The molecule has 0 heterocycles. The molecular formula is C18H28BrNO. The highest BCUT2D eigenvalue weighted by Gasteiger charge is 2.06. The lowest BCUT2D eigenvalue weighted by molar-refractivity contribution is 0.0953. The van der Waals surface area contributed by atoms with Crippen LogP contribution in [0.4, 0.5) is 0 Å². The van der Waals surface area contributed by atoms with Gasteiger partial charge in [-0.2, -0.15) is 0 Å². The average molecular weight is 354 g/mol. The van der Waals surface area contributed by atoms with E-state index in [-0.39, 0.29) is 5.91 Å². The first-order valence-corrected chi connectivity index (χ1v) is 8.98. The van der Waals surface area contributed by atoms with Gasteiger partial charge in [0.15, 0.2) is 0 Å². The maximum Gasteiger partial charge on any atom is 0.251 e. The van der Waals surface area contributed by atoms with Crippen molar-refractivity contribution < 1.29 is 4.79 Å². The fraction of sp³-hybridized carbons (Fsp3) is 0.611. The highest BCUT2D eigenvalue weighted by atomic mass is 79.9. The van der Waals surface area contributed by atoms with E-state index in [0.717, 1.165) is 28.6 Å². The first-order valence-electron chi connectivity index (χ1n) is 8.19. The van der Waals surface area contributed by atoms with Gasteiger partial charge in [0.05, 0.1) is 0 Å². The highest BCUT2D eigenvalue weighted by Crippen LogP contribution is 2.15. The number of hydrogen-bond acceptors (Lipinski definition) is 1. The average Bonchev–Trinajstić information content (AvgIpc) is 2.44. The van der Waals surface area contributed by atoms with Crippen molar-refractivity contribution >= 4 is 21.8 Å². The number of rotatable bonds is 10. The quantitative estimate of drug-likeness (QED) is 0.542. The van der Waals surface area contributed by atoms with Crippen molar-refractivity contribution in [3.8, 4) is 0 Å². The van der Waals surface area contributed by atoms with Gasteiger partial charge in [0.25, 0.3) is 5.91 Å². The number of aryl methyl sites for hydroxylation is 1. The molecule has 1 aromatic carbocycles. The van der Waals surface area contributed by atoms with Gasteiger partial charge in [0.2, 0.25) is 0 Å². The van der Waals surface area contributed by atoms with Gasteiger partial charge in [-0.1, -0.05) is 67.8 Å². The first-order chi connectivity index (χ1) is 10.1. The molecular weight excluding hydrogens is 326 g/mol. The third kappa shape index (κ3) is 8.25. The molecule has 1 amide bonds. The molecule has 1 aromatic rings. The molecule has 3 heteroatoms. The van der Waals surface area contributed by atoms with Crippen LogP contribution in [0, 0.1) is 6.92 Å². The summed E-state index contributed by atoms with van der Waals surface area (Å²) in [6.07, 6.45) is 10.3. The van der Waals surface area contributed by atoms with Crippen LogP contribution in [-0.4, -0.2) is 12.5 Å². The Labute approximate surface area is 137 Å². The summed E-state index contributed by atoms with van der Waals surface area (Å²) >= 11 is 3.43. The second-order valence-corrected chi connectivity index (χ2v) is 6.66. The minimum absolute atomic E-state index is 0.0299. The maximum atomic E-state index is 12.0. The molecule has 1 N–H and O–H groups in total. The van der Waals surface area contributed by atoms with Crippen molar-refractivity contribution in [2.75, 3.05) is 6.54 Å². The van der Waals surface area contributed by atoms with Crippen LogP contribution in [0.1, 0.15) is 74.2 Å². The Morgan fingerprint density at radius 3 is 2.24 bits per heavy atom. The predicted octanol–water partition coefficient (Wildman–Crippen LogP) is 5.63. The number of benzene rings is 1. The second kappa shape index (κ2) is 10.8. The molecule has 0 aliphatic rings. The number of hydrogen-bond donors (Lipinski definition) is 1. The lowest BCUT2D eigenvalue weighted by Gasteiger charge is -2.07. The predicted molar refractivity (Wildman–Crippen MR) is 93.8 cm³/mol. The van der Waals surface area contributed by atoms with Gasteiger partial charge in [-0.25, -0.2) is 0 Å². The van der Waals surface area contributed by atoms with Gasteiger partial charge in [0.1, 0.15) is 0 Å². The molecule has 0 aromatic heterocycles. The Kier molecular flexibility index (Phi) is 9.40. The SMILES string of the molecule is CCCCCCCCCCNC(=O)c1cc(C)cc(Br)c1. The summed E-state index contributed by atoms with van der Waals surface area (Å²) in [4.78, 5) is 12.0. The molecule has 0 fully saturated rings. The number of nitrogens with one attached hydrogen (secondary N) is 1. The van der Waals surface area contributed by atoms with Gasteiger partial charge in [0, 0.05) is 16.6 Å². The van der Waals surface area contributed by atoms with Crippen LogP contribution in [-0.2, 0) is 0 Å². The molecule has 0 aliphatic carbocycles. The van der Waals surface area contributed by atoms with Crippen molar-refractivity contribution in [2.24, 2.45) is 0 Å². The van der Waals surface area contributed by atoms with Crippen LogP contribution < -0.4 is 5.32 Å². The Hall–Kier alpha value is -0.830. The van der Waals surface area contributed by atoms with E-state index in [1.54, 1.807) is 0 Å². The number of carbonyl (C=O) groups excluding carboxylic acids is 1. The summed E-state index contributed by atoms with van der Waals surface area (Å²) < 4.78 is 0.958. The van der Waals surface area contributed by atoms with Crippen molar-refractivity contribution in [3.05, 3.63) is 33.8 Å². The molecule has 0 spiro atoms. The summed E-state index contributed by atoms with van der Waals surface area (Å²) in [7, 11) is 0. The molecule has 0 saturated heterocycles. The molecule has 0 bridgehead atoms. The molecule has 0 radical (unpaired) electrons. The summed E-state index contributed by atoms with van der Waals surface area (Å²) in [5, 5.41) is 3.00. The molecule has 2 nitrogen and oxygen atoms in total. The molecule has 0 saturated carbocycles. The Morgan fingerprint density at radius 1 is 1.00 bits per heavy atom. The second-order valence-electron chi connectivity index (χ2n) is 5.75. The molecule has 0 atom stereocenters. The normalized spacial score (nSPS) is 10.6. The Balaban J connectivity index is 2.11. The number of amides is 1. The van der Waals surface area contributed by atoms with E-state index >= 15 is 0 Å². The van der Waals surface area contributed by atoms with Crippen LogP contribution in [0.5, 0.6) is 0 Å². The Morgan fingerprint density at radius 2 is 1.62 bits per heavy atom. The topological polar surface area (TPSA) is 29.1 Å². The zero-order valence-corrected chi connectivity index (χ0v) is 15.0. The molecule has 21 heavy (non-hydrogen) atoms. The lowest BCUT2D eigenvalue weighted by atomic mass is 10.1. The summed E-state index contributed by atoms with van der Waals surface area (Å²) in [5.41, 5.74) is 1.84. The van der Waals surface area contributed by atoms with Gasteiger partial charge >= 0.3 is 0 Å². The van der Waals surface area contributed by atoms with E-state index in [1.807, 2.05) is 25.1 Å². The molecule has 1 rings (SSSR count). The highest BCUT2D eigenvalue weighted by molar-refractivity contribution is 9.10. The zero-order valence-electron chi connectivity index (χ0n) is 13.4. The van der Waals surface area contributed by atoms with E-state index in [1.165, 1.54) is 44.9 Å². The van der Waals surface area contributed by atoms with Crippen LogP contribution in [0.15, 0.2) is 22.7 Å². The van der Waals surface area contributed by atoms with Crippen molar-refractivity contribution in [2.45, 2.75) is 65.2 Å². The minimum Gasteiger partial charge on any atom is -0.352 e. The van der Waals surface area contributed by atoms with Crippen LogP contribution in [0.2, 0.25) is 0 Å². The number of halogens is 1. The fourth-order valence-corrected chi connectivity index (χ4v) is 3.04. The van der Waals surface area contributed by atoms with Crippen molar-refractivity contribution in [1.82, 2.24) is 5.32 Å². The third-order valence-corrected chi connectivity index (χ3v) is 4.08. The van der Waals surface area contributed by atoms with E-state index in [4.69, 9.17) is 0 Å². The van der Waals surface area contributed by atoms with E-state index in [9.17, 15) is 4.79 Å². The van der Waals surface area contributed by atoms with E-state index < -0.39 is 0 Å². The molecule has 118 valence electrons. The van der Waals surface area contributed by atoms with Crippen molar-refractivity contribution in [3.63, 3.8) is 0 Å². The first kappa shape index (κ1) is 18.2. The van der Waals surface area contributed by atoms with Crippen LogP contribution in [0.25, 0.3) is 0 Å². The van der Waals surface area contributed by atoms with Crippen LogP contribution >= 0.6 is 15.9 Å². The minimum atomic E-state index is 0.0299. The summed E-state index contributed by atoms with van der Waals surface area (Å²) in [5.74, 6) is 0.0299. The van der Waals surface area contributed by atoms with Gasteiger partial charge in [-0.15, -0.1) is 0 Å². The largest absolute Gasteiger partial charge is 0.352 e. The summed E-state index contributed by atoms with van der Waals surface area (Å²) in [6, 6.07) is 5.80. The molecule has 0 unspecified atom stereocenters. The monoisotopic (exact) mass is 353 g/mol. The fourth-order valence-electron chi connectivity index (χ4n) is 2.43. The number of unbranched alkanes of at least 4 members (excludes halogenated alkanes) is 7. The van der Waals surface area contributed by atoms with Crippen molar-refractivity contribution in [1.29, 1.82) is 0 Å². The van der Waals surface area contributed by atoms with Gasteiger partial charge < -0.3 is 5.32 Å². The van der Waals surface area contributed by atoms with E-state index in [2.05, 4.69) is 28.2 Å². The lowest BCUT2D eigenvalue weighted by Crippen LogP contribution is -2.24. The Bertz CT molecular complexity index is 411. The number of carbonyl (C=O) groups is 1.